The number of nitrogens with zero attached hydrogens (tertiary/aromatic N) is 5. The van der Waals surface area contributed by atoms with E-state index in [2.05, 4.69) is 32.6 Å². The number of aryl methyl sites for hydroxylation is 1. The van der Waals surface area contributed by atoms with Crippen molar-refractivity contribution >= 4 is 40.6 Å². The van der Waals surface area contributed by atoms with Crippen LogP contribution in [0.4, 0.5) is 28.8 Å². The molecule has 0 saturated heterocycles. The second-order valence-electron chi connectivity index (χ2n) is 8.26. The predicted molar refractivity (Wildman–Crippen MR) is 140 cm³/mol. The van der Waals surface area contributed by atoms with Crippen LogP contribution in [0.15, 0.2) is 79.8 Å². The molecule has 1 aliphatic carbocycles. The predicted octanol–water partition coefficient (Wildman–Crippen LogP) is 4.06. The molecule has 184 valence electrons. The van der Waals surface area contributed by atoms with Gasteiger partial charge in [0.1, 0.15) is 5.82 Å². The number of anilines is 5. The SMILES string of the molecule is C=CC(=O)Nc1cccc(Nc2nc(Nc3cnn(C)c3)ncc2CN(C(C)=O)C2C=CC=CC2)c1. The van der Waals surface area contributed by atoms with Crippen molar-refractivity contribution in [3.8, 4) is 0 Å². The van der Waals surface area contributed by atoms with Crippen molar-refractivity contribution in [1.82, 2.24) is 24.6 Å². The summed E-state index contributed by atoms with van der Waals surface area (Å²) < 4.78 is 1.68. The van der Waals surface area contributed by atoms with E-state index in [1.807, 2.05) is 49.7 Å². The molecule has 0 radical (unpaired) electrons. The fraction of sp³-hybridized carbons (Fsp3) is 0.192. The fourth-order valence-electron chi connectivity index (χ4n) is 3.75. The first-order chi connectivity index (χ1) is 17.4. The number of carbonyl (C=O) groups is 2. The van der Waals surface area contributed by atoms with Crippen LogP contribution in [0.1, 0.15) is 18.9 Å². The topological polar surface area (TPSA) is 117 Å². The van der Waals surface area contributed by atoms with Gasteiger partial charge < -0.3 is 20.9 Å². The zero-order valence-electron chi connectivity index (χ0n) is 20.2. The van der Waals surface area contributed by atoms with E-state index in [0.29, 0.717) is 29.7 Å². The molecule has 2 aromatic heterocycles. The van der Waals surface area contributed by atoms with Crippen molar-refractivity contribution in [2.24, 2.45) is 7.05 Å². The van der Waals surface area contributed by atoms with E-state index in [1.54, 1.807) is 41.0 Å². The standard InChI is InChI=1S/C26H28N8O2/c1-4-24(36)29-20-9-8-10-21(13-20)30-25-19(16-34(18(2)35)23-11-6-5-7-12-23)14-27-26(32-25)31-22-15-28-33(3)17-22/h4-11,13-15,17,23H,1,12,16H2,2-3H3,(H,29,36)(H2,27,30,31,32). The lowest BCUT2D eigenvalue weighted by Crippen LogP contribution is -2.37. The van der Waals surface area contributed by atoms with Crippen LogP contribution in [0.3, 0.4) is 0 Å². The molecule has 4 rings (SSSR count). The van der Waals surface area contributed by atoms with Crippen LogP contribution in [-0.2, 0) is 23.2 Å². The maximum absolute atomic E-state index is 12.5. The first-order valence-corrected chi connectivity index (χ1v) is 11.4. The average molecular weight is 485 g/mol. The lowest BCUT2D eigenvalue weighted by Gasteiger charge is -2.30. The lowest BCUT2D eigenvalue weighted by molar-refractivity contribution is -0.130. The third-order valence-corrected chi connectivity index (χ3v) is 5.51. The summed E-state index contributed by atoms with van der Waals surface area (Å²) in [5.74, 6) is 0.563. The van der Waals surface area contributed by atoms with E-state index < -0.39 is 0 Å². The van der Waals surface area contributed by atoms with Gasteiger partial charge in [-0.3, -0.25) is 14.3 Å². The van der Waals surface area contributed by atoms with Gasteiger partial charge in [0.05, 0.1) is 24.5 Å². The van der Waals surface area contributed by atoms with E-state index >= 15 is 0 Å². The van der Waals surface area contributed by atoms with Crippen molar-refractivity contribution in [2.75, 3.05) is 16.0 Å². The minimum absolute atomic E-state index is 0.0439. The number of hydrogen-bond acceptors (Lipinski definition) is 7. The van der Waals surface area contributed by atoms with E-state index in [1.165, 1.54) is 6.08 Å². The molecule has 0 spiro atoms. The molecule has 2 amide bonds. The molecular weight excluding hydrogens is 456 g/mol. The summed E-state index contributed by atoms with van der Waals surface area (Å²) >= 11 is 0. The third-order valence-electron chi connectivity index (χ3n) is 5.51. The Kier molecular flexibility index (Phi) is 7.54. The summed E-state index contributed by atoms with van der Waals surface area (Å²) in [7, 11) is 1.82. The van der Waals surface area contributed by atoms with Gasteiger partial charge in [-0.15, -0.1) is 0 Å². The molecule has 1 aromatic carbocycles. The Labute approximate surface area is 209 Å². The van der Waals surface area contributed by atoms with Crippen molar-refractivity contribution in [3.05, 3.63) is 85.4 Å². The summed E-state index contributed by atoms with van der Waals surface area (Å²) in [5, 5.41) is 13.4. The molecule has 1 unspecified atom stereocenters. The number of rotatable bonds is 9. The Morgan fingerprint density at radius 3 is 2.72 bits per heavy atom. The zero-order valence-corrected chi connectivity index (χ0v) is 20.2. The number of amides is 2. The van der Waals surface area contributed by atoms with Gasteiger partial charge in [0.25, 0.3) is 0 Å². The highest BCUT2D eigenvalue weighted by Crippen LogP contribution is 2.26. The zero-order chi connectivity index (χ0) is 25.5. The van der Waals surface area contributed by atoms with Crippen LogP contribution in [0.2, 0.25) is 0 Å². The van der Waals surface area contributed by atoms with E-state index in [4.69, 9.17) is 4.98 Å². The Hall–Kier alpha value is -4.73. The molecule has 10 heteroatoms. The van der Waals surface area contributed by atoms with Gasteiger partial charge >= 0.3 is 0 Å². The molecule has 36 heavy (non-hydrogen) atoms. The van der Waals surface area contributed by atoms with Crippen molar-refractivity contribution in [1.29, 1.82) is 0 Å². The Morgan fingerprint density at radius 2 is 2.03 bits per heavy atom. The molecule has 0 aliphatic heterocycles. The highest BCUT2D eigenvalue weighted by atomic mass is 16.2. The highest BCUT2D eigenvalue weighted by molar-refractivity contribution is 5.99. The van der Waals surface area contributed by atoms with E-state index in [0.717, 1.165) is 17.7 Å². The minimum Gasteiger partial charge on any atom is -0.340 e. The summed E-state index contributed by atoms with van der Waals surface area (Å²) in [4.78, 5) is 35.2. The van der Waals surface area contributed by atoms with Crippen LogP contribution in [-0.4, -0.2) is 42.5 Å². The van der Waals surface area contributed by atoms with Crippen LogP contribution in [0, 0.1) is 0 Å². The Morgan fingerprint density at radius 1 is 1.19 bits per heavy atom. The quantitative estimate of drug-likeness (QED) is 0.392. The largest absolute Gasteiger partial charge is 0.340 e. The first kappa shape index (κ1) is 24.4. The number of carbonyl (C=O) groups excluding carboxylic acids is 2. The van der Waals surface area contributed by atoms with Crippen molar-refractivity contribution in [3.63, 3.8) is 0 Å². The van der Waals surface area contributed by atoms with Gasteiger partial charge in [0, 0.05) is 43.3 Å². The Balaban J connectivity index is 1.65. The molecule has 3 aromatic rings. The van der Waals surface area contributed by atoms with E-state index in [9.17, 15) is 9.59 Å². The van der Waals surface area contributed by atoms with Gasteiger partial charge in [0.2, 0.25) is 17.8 Å². The van der Waals surface area contributed by atoms with Gasteiger partial charge in [-0.2, -0.15) is 10.1 Å². The monoisotopic (exact) mass is 484 g/mol. The molecule has 2 heterocycles. The molecule has 0 saturated carbocycles. The number of benzene rings is 1. The van der Waals surface area contributed by atoms with E-state index in [-0.39, 0.29) is 17.9 Å². The normalized spacial score (nSPS) is 14.2. The second-order valence-corrected chi connectivity index (χ2v) is 8.26. The number of hydrogen-bond donors (Lipinski definition) is 3. The number of nitrogens with one attached hydrogen (secondary N) is 3. The lowest BCUT2D eigenvalue weighted by atomic mass is 10.1. The summed E-state index contributed by atoms with van der Waals surface area (Å²) in [6, 6.07) is 7.20. The van der Waals surface area contributed by atoms with Crippen LogP contribution < -0.4 is 16.0 Å². The number of aromatic nitrogens is 4. The Bertz CT molecular complexity index is 1330. The second kappa shape index (κ2) is 11.1. The molecule has 0 fully saturated rings. The molecule has 10 nitrogen and oxygen atoms in total. The fourth-order valence-corrected chi connectivity index (χ4v) is 3.75. The van der Waals surface area contributed by atoms with Crippen molar-refractivity contribution in [2.45, 2.75) is 25.9 Å². The maximum atomic E-state index is 12.5. The summed E-state index contributed by atoms with van der Waals surface area (Å²) in [5.41, 5.74) is 2.80. The van der Waals surface area contributed by atoms with Gasteiger partial charge in [-0.25, -0.2) is 4.98 Å². The average Bonchev–Trinajstić information content (AvgIpc) is 3.28. The third kappa shape index (κ3) is 6.23. The van der Waals surface area contributed by atoms with Crippen LogP contribution >= 0.6 is 0 Å². The molecule has 3 N–H and O–H groups in total. The number of allylic oxidation sites excluding steroid dienone is 2. The van der Waals surface area contributed by atoms with Gasteiger partial charge in [-0.1, -0.05) is 36.9 Å². The summed E-state index contributed by atoms with van der Waals surface area (Å²) in [6.45, 7) is 5.37. The highest BCUT2D eigenvalue weighted by Gasteiger charge is 2.21. The molecule has 1 aliphatic rings. The van der Waals surface area contributed by atoms with Crippen LogP contribution in [0.5, 0.6) is 0 Å². The first-order valence-electron chi connectivity index (χ1n) is 11.4. The maximum Gasteiger partial charge on any atom is 0.247 e. The minimum atomic E-state index is -0.301. The molecular formula is C26H28N8O2. The molecule has 1 atom stereocenters. The smallest absolute Gasteiger partial charge is 0.247 e. The van der Waals surface area contributed by atoms with Gasteiger partial charge in [0.15, 0.2) is 0 Å². The van der Waals surface area contributed by atoms with Gasteiger partial charge in [-0.05, 0) is 30.7 Å². The molecule has 0 bridgehead atoms. The van der Waals surface area contributed by atoms with Crippen molar-refractivity contribution < 1.29 is 9.59 Å². The summed E-state index contributed by atoms with van der Waals surface area (Å²) in [6.07, 6.45) is 15.1. The van der Waals surface area contributed by atoms with Crippen LogP contribution in [0.25, 0.3) is 0 Å².